The second-order valence-electron chi connectivity index (χ2n) is 5.48. The van der Waals surface area contributed by atoms with Gasteiger partial charge < -0.3 is 4.90 Å². The van der Waals surface area contributed by atoms with E-state index in [1.807, 2.05) is 0 Å². The van der Waals surface area contributed by atoms with Gasteiger partial charge in [-0.3, -0.25) is 10.1 Å². The zero-order chi connectivity index (χ0) is 12.5. The summed E-state index contributed by atoms with van der Waals surface area (Å²) in [7, 11) is 0. The van der Waals surface area contributed by atoms with Gasteiger partial charge in [0.2, 0.25) is 0 Å². The maximum atomic E-state index is 12.1. The highest BCUT2D eigenvalue weighted by Gasteiger charge is 2.53. The van der Waals surface area contributed by atoms with E-state index in [1.54, 1.807) is 4.90 Å². The van der Waals surface area contributed by atoms with Gasteiger partial charge in [0, 0.05) is 6.54 Å². The molecule has 1 saturated heterocycles. The zero-order valence-electron chi connectivity index (χ0n) is 10.8. The summed E-state index contributed by atoms with van der Waals surface area (Å²) in [5.41, 5.74) is -0.515. The summed E-state index contributed by atoms with van der Waals surface area (Å²) in [4.78, 5) is 25.7. The van der Waals surface area contributed by atoms with E-state index in [-0.39, 0.29) is 11.9 Å². The van der Waals surface area contributed by atoms with Crippen LogP contribution in [-0.4, -0.2) is 28.9 Å². The average molecular weight is 238 g/mol. The second kappa shape index (κ2) is 4.67. The third kappa shape index (κ3) is 2.05. The van der Waals surface area contributed by atoms with Crippen LogP contribution < -0.4 is 5.32 Å². The van der Waals surface area contributed by atoms with Crippen molar-refractivity contribution in [2.24, 2.45) is 5.92 Å². The van der Waals surface area contributed by atoms with Crippen LogP contribution in [0.4, 0.5) is 4.79 Å². The number of hydrogen-bond donors (Lipinski definition) is 1. The lowest BCUT2D eigenvalue weighted by Gasteiger charge is -2.40. The van der Waals surface area contributed by atoms with Gasteiger partial charge in [0.05, 0.1) is 0 Å². The lowest BCUT2D eigenvalue weighted by atomic mass is 9.76. The first-order valence-electron chi connectivity index (χ1n) is 6.73. The van der Waals surface area contributed by atoms with E-state index in [0.717, 1.165) is 38.5 Å². The minimum atomic E-state index is -0.515. The van der Waals surface area contributed by atoms with E-state index < -0.39 is 5.54 Å². The van der Waals surface area contributed by atoms with E-state index >= 15 is 0 Å². The van der Waals surface area contributed by atoms with Crippen molar-refractivity contribution in [3.63, 3.8) is 0 Å². The molecule has 2 rings (SSSR count). The summed E-state index contributed by atoms with van der Waals surface area (Å²) in [6.45, 7) is 5.03. The van der Waals surface area contributed by atoms with Crippen molar-refractivity contribution in [3.8, 4) is 0 Å². The molecule has 1 aliphatic carbocycles. The summed E-state index contributed by atoms with van der Waals surface area (Å²) in [5.74, 6) is 0.614. The molecule has 1 spiro atoms. The Labute approximate surface area is 103 Å². The first-order valence-corrected chi connectivity index (χ1v) is 6.73. The van der Waals surface area contributed by atoms with Gasteiger partial charge in [-0.25, -0.2) is 4.79 Å². The molecule has 0 radical (unpaired) electrons. The molecule has 4 heteroatoms. The van der Waals surface area contributed by atoms with Gasteiger partial charge in [-0.1, -0.05) is 20.3 Å². The summed E-state index contributed by atoms with van der Waals surface area (Å²) in [5, 5.41) is 2.50. The molecule has 0 aromatic rings. The first-order chi connectivity index (χ1) is 8.10. The first kappa shape index (κ1) is 12.4. The third-order valence-corrected chi connectivity index (χ3v) is 4.24. The predicted octanol–water partition coefficient (Wildman–Crippen LogP) is 2.29. The number of imide groups is 1. The molecule has 1 saturated carbocycles. The molecule has 0 aromatic carbocycles. The Morgan fingerprint density at radius 3 is 2.59 bits per heavy atom. The number of amides is 3. The van der Waals surface area contributed by atoms with Crippen molar-refractivity contribution in [1.29, 1.82) is 0 Å². The average Bonchev–Trinajstić information content (AvgIpc) is 2.53. The van der Waals surface area contributed by atoms with Crippen LogP contribution in [0.2, 0.25) is 0 Å². The fourth-order valence-electron chi connectivity index (χ4n) is 2.97. The van der Waals surface area contributed by atoms with E-state index in [0.29, 0.717) is 12.5 Å². The van der Waals surface area contributed by atoms with Crippen molar-refractivity contribution in [3.05, 3.63) is 0 Å². The molecule has 4 nitrogen and oxygen atoms in total. The van der Waals surface area contributed by atoms with Crippen LogP contribution in [0.1, 0.15) is 52.4 Å². The Morgan fingerprint density at radius 2 is 2.00 bits per heavy atom. The fraction of sp³-hybridized carbons (Fsp3) is 0.846. The largest absolute Gasteiger partial charge is 0.325 e. The van der Waals surface area contributed by atoms with Crippen LogP contribution in [0.15, 0.2) is 0 Å². The molecule has 3 amide bonds. The fourth-order valence-corrected chi connectivity index (χ4v) is 2.97. The number of nitrogens with one attached hydrogen (secondary N) is 1. The topological polar surface area (TPSA) is 49.4 Å². The van der Waals surface area contributed by atoms with E-state index in [4.69, 9.17) is 0 Å². The minimum Gasteiger partial charge on any atom is -0.310 e. The third-order valence-electron chi connectivity index (χ3n) is 4.24. The van der Waals surface area contributed by atoms with Crippen LogP contribution in [-0.2, 0) is 4.79 Å². The number of nitrogens with zero attached hydrogens (tertiary/aromatic N) is 1. The summed E-state index contributed by atoms with van der Waals surface area (Å²) >= 11 is 0. The quantitative estimate of drug-likeness (QED) is 0.767. The summed E-state index contributed by atoms with van der Waals surface area (Å²) < 4.78 is 0. The van der Waals surface area contributed by atoms with Crippen LogP contribution in [0, 0.1) is 5.92 Å². The van der Waals surface area contributed by atoms with Gasteiger partial charge in [0.15, 0.2) is 0 Å². The number of hydrogen-bond acceptors (Lipinski definition) is 2. The standard InChI is InChI=1S/C13H22N2O2/c1-3-4-9-15-12(17)14-11(16)13(15)7-5-10(2)6-8-13/h10H,3-9H2,1-2H3,(H,14,16,17). The molecule has 96 valence electrons. The molecular formula is C13H22N2O2. The molecule has 0 bridgehead atoms. The van der Waals surface area contributed by atoms with Crippen molar-refractivity contribution in [2.75, 3.05) is 6.54 Å². The highest BCUT2D eigenvalue weighted by atomic mass is 16.2. The van der Waals surface area contributed by atoms with Crippen LogP contribution in [0.3, 0.4) is 0 Å². The van der Waals surface area contributed by atoms with Gasteiger partial charge >= 0.3 is 6.03 Å². The Bertz CT molecular complexity index is 319. The van der Waals surface area contributed by atoms with Gasteiger partial charge in [-0.15, -0.1) is 0 Å². The lowest BCUT2D eigenvalue weighted by molar-refractivity contribution is -0.128. The maximum absolute atomic E-state index is 12.1. The Kier molecular flexibility index (Phi) is 3.40. The van der Waals surface area contributed by atoms with Gasteiger partial charge in [-0.2, -0.15) is 0 Å². The van der Waals surface area contributed by atoms with Crippen molar-refractivity contribution in [2.45, 2.75) is 57.9 Å². The monoisotopic (exact) mass is 238 g/mol. The van der Waals surface area contributed by atoms with Crippen LogP contribution in [0.25, 0.3) is 0 Å². The van der Waals surface area contributed by atoms with Crippen molar-refractivity contribution < 1.29 is 9.59 Å². The Balaban J connectivity index is 2.16. The number of carbonyl (C=O) groups is 2. The molecule has 1 N–H and O–H groups in total. The molecule has 0 atom stereocenters. The predicted molar refractivity (Wildman–Crippen MR) is 65.5 cm³/mol. The van der Waals surface area contributed by atoms with Crippen LogP contribution in [0.5, 0.6) is 0 Å². The highest BCUT2D eigenvalue weighted by Crippen LogP contribution is 2.39. The molecule has 17 heavy (non-hydrogen) atoms. The van der Waals surface area contributed by atoms with Crippen LogP contribution >= 0.6 is 0 Å². The van der Waals surface area contributed by atoms with Gasteiger partial charge in [0.1, 0.15) is 5.54 Å². The minimum absolute atomic E-state index is 0.0643. The molecule has 0 unspecified atom stereocenters. The van der Waals surface area contributed by atoms with Gasteiger partial charge in [-0.05, 0) is 38.0 Å². The highest BCUT2D eigenvalue weighted by molar-refractivity contribution is 6.07. The van der Waals surface area contributed by atoms with E-state index in [2.05, 4.69) is 19.2 Å². The molecule has 2 fully saturated rings. The Hall–Kier alpha value is -1.06. The van der Waals surface area contributed by atoms with Crippen molar-refractivity contribution in [1.82, 2.24) is 10.2 Å². The second-order valence-corrected chi connectivity index (χ2v) is 5.48. The Morgan fingerprint density at radius 1 is 1.35 bits per heavy atom. The molecule has 1 heterocycles. The smallest absolute Gasteiger partial charge is 0.310 e. The molecule has 0 aromatic heterocycles. The van der Waals surface area contributed by atoms with Crippen molar-refractivity contribution >= 4 is 11.9 Å². The maximum Gasteiger partial charge on any atom is 0.325 e. The lowest BCUT2D eigenvalue weighted by Crippen LogP contribution is -2.52. The SMILES string of the molecule is CCCCN1C(=O)NC(=O)C12CCC(C)CC2. The normalized spacial score (nSPS) is 33.3. The van der Waals surface area contributed by atoms with E-state index in [1.165, 1.54) is 0 Å². The number of carbonyl (C=O) groups excluding carboxylic acids is 2. The number of unbranched alkanes of at least 4 members (excludes halogenated alkanes) is 1. The zero-order valence-corrected chi connectivity index (χ0v) is 10.8. The summed E-state index contributed by atoms with van der Waals surface area (Å²) in [6.07, 6.45) is 5.76. The molecular weight excluding hydrogens is 216 g/mol. The number of rotatable bonds is 3. The summed E-state index contributed by atoms with van der Waals surface area (Å²) in [6, 6.07) is -0.182. The molecule has 1 aliphatic heterocycles. The number of urea groups is 1. The molecule has 2 aliphatic rings. The van der Waals surface area contributed by atoms with E-state index in [9.17, 15) is 9.59 Å². The van der Waals surface area contributed by atoms with Gasteiger partial charge in [0.25, 0.3) is 5.91 Å².